The lowest BCUT2D eigenvalue weighted by atomic mass is 10.1. The van der Waals surface area contributed by atoms with E-state index in [1.54, 1.807) is 0 Å². The maximum atomic E-state index is 5.95. The Kier molecular flexibility index (Phi) is 7.07. The van der Waals surface area contributed by atoms with E-state index in [9.17, 15) is 0 Å². The lowest BCUT2D eigenvalue weighted by Crippen LogP contribution is -2.21. The van der Waals surface area contributed by atoms with Gasteiger partial charge in [0.15, 0.2) is 0 Å². The molecular weight excluding hydrogens is 356 g/mol. The average Bonchev–Trinajstić information content (AvgIpc) is 2.76. The maximum Gasteiger partial charge on any atom is 0.123 e. The van der Waals surface area contributed by atoms with Gasteiger partial charge in [0.05, 0.1) is 0 Å². The van der Waals surface area contributed by atoms with Crippen molar-refractivity contribution in [1.82, 2.24) is 0 Å². The van der Waals surface area contributed by atoms with Crippen LogP contribution in [0, 0.1) is 0 Å². The number of rotatable bonds is 8. The molecule has 146 valence electrons. The van der Waals surface area contributed by atoms with Crippen molar-refractivity contribution < 1.29 is 9.47 Å². The molecule has 3 aromatic carbocycles. The average molecular weight is 383 g/mol. The molecule has 0 heterocycles. The molecule has 0 amide bonds. The highest BCUT2D eigenvalue weighted by Gasteiger charge is 2.02. The zero-order chi connectivity index (χ0) is 20.5. The van der Waals surface area contributed by atoms with Crippen molar-refractivity contribution in [2.24, 2.45) is 0 Å². The summed E-state index contributed by atoms with van der Waals surface area (Å²) in [4.78, 5) is 0. The molecule has 0 aromatic heterocycles. The van der Waals surface area contributed by atoms with E-state index in [0.29, 0.717) is 13.2 Å². The molecule has 0 spiro atoms. The van der Waals surface area contributed by atoms with Crippen LogP contribution in [-0.4, -0.2) is 6.61 Å². The standard InChI is InChI=1S/C27H26O2/c1-4-23-11-7-8-13-25(23)20-29-27-15-9-14-26(18-27)28-19-21(2)16-17-24-12-6-5-10-22(24)3/h4-18H,1,3,19-20H2,2H3/b21-16+,24-17-. The molecule has 0 saturated heterocycles. The minimum Gasteiger partial charge on any atom is -0.489 e. The number of hydrogen-bond acceptors (Lipinski definition) is 2. The van der Waals surface area contributed by atoms with Crippen LogP contribution < -0.4 is 19.9 Å². The van der Waals surface area contributed by atoms with Crippen molar-refractivity contribution in [2.45, 2.75) is 13.5 Å². The van der Waals surface area contributed by atoms with E-state index in [1.807, 2.05) is 72.8 Å². The van der Waals surface area contributed by atoms with Crippen molar-refractivity contribution in [3.8, 4) is 11.5 Å². The summed E-state index contributed by atoms with van der Waals surface area (Å²) >= 11 is 0. The Hall–Kier alpha value is -3.52. The van der Waals surface area contributed by atoms with Crippen LogP contribution in [0.4, 0.5) is 0 Å². The number of allylic oxidation sites excluding steroid dienone is 1. The van der Waals surface area contributed by atoms with Gasteiger partial charge in [-0.3, -0.25) is 0 Å². The molecular formula is C27H26O2. The third-order valence-electron chi connectivity index (χ3n) is 4.54. The molecule has 0 aliphatic heterocycles. The molecule has 0 aliphatic rings. The zero-order valence-electron chi connectivity index (χ0n) is 16.8. The molecule has 0 bridgehead atoms. The van der Waals surface area contributed by atoms with Crippen LogP contribution in [0.15, 0.2) is 91.0 Å². The smallest absolute Gasteiger partial charge is 0.123 e. The van der Waals surface area contributed by atoms with Crippen LogP contribution >= 0.6 is 0 Å². The van der Waals surface area contributed by atoms with Gasteiger partial charge in [-0.05, 0) is 46.2 Å². The van der Waals surface area contributed by atoms with Gasteiger partial charge in [-0.25, -0.2) is 0 Å². The molecule has 0 N–H and O–H groups in total. The maximum absolute atomic E-state index is 5.95. The fourth-order valence-electron chi connectivity index (χ4n) is 2.85. The van der Waals surface area contributed by atoms with E-state index in [1.165, 1.54) is 0 Å². The second-order valence-corrected chi connectivity index (χ2v) is 6.83. The van der Waals surface area contributed by atoms with E-state index in [-0.39, 0.29) is 0 Å². The van der Waals surface area contributed by atoms with Gasteiger partial charge in [0.25, 0.3) is 0 Å². The van der Waals surface area contributed by atoms with Crippen molar-refractivity contribution >= 4 is 18.7 Å². The van der Waals surface area contributed by atoms with Crippen LogP contribution in [0.25, 0.3) is 18.7 Å². The van der Waals surface area contributed by atoms with Crippen molar-refractivity contribution in [3.05, 3.63) is 113 Å². The summed E-state index contributed by atoms with van der Waals surface area (Å²) in [7, 11) is 0. The van der Waals surface area contributed by atoms with E-state index in [4.69, 9.17) is 9.47 Å². The monoisotopic (exact) mass is 382 g/mol. The Morgan fingerprint density at radius 3 is 2.41 bits per heavy atom. The predicted octanol–water partition coefficient (Wildman–Crippen LogP) is 5.12. The minimum absolute atomic E-state index is 0.490. The van der Waals surface area contributed by atoms with E-state index in [2.05, 4.69) is 38.3 Å². The summed E-state index contributed by atoms with van der Waals surface area (Å²) in [5.74, 6) is 1.56. The normalized spacial score (nSPS) is 11.9. The second kappa shape index (κ2) is 10.1. The molecule has 0 aliphatic carbocycles. The number of ether oxygens (including phenoxy) is 2. The van der Waals surface area contributed by atoms with Gasteiger partial charge in [-0.2, -0.15) is 0 Å². The summed E-state index contributed by atoms with van der Waals surface area (Å²) in [6.45, 7) is 10.9. The van der Waals surface area contributed by atoms with Gasteiger partial charge >= 0.3 is 0 Å². The summed E-state index contributed by atoms with van der Waals surface area (Å²) < 4.78 is 11.9. The van der Waals surface area contributed by atoms with Crippen molar-refractivity contribution in [3.63, 3.8) is 0 Å². The molecule has 2 nitrogen and oxygen atoms in total. The molecule has 0 atom stereocenters. The summed E-state index contributed by atoms with van der Waals surface area (Å²) in [5, 5.41) is 2.13. The summed E-state index contributed by atoms with van der Waals surface area (Å²) in [6.07, 6.45) is 5.98. The van der Waals surface area contributed by atoms with Gasteiger partial charge in [-0.15, -0.1) is 0 Å². The molecule has 3 aromatic rings. The van der Waals surface area contributed by atoms with Crippen molar-refractivity contribution in [1.29, 1.82) is 0 Å². The minimum atomic E-state index is 0.490. The highest BCUT2D eigenvalue weighted by Crippen LogP contribution is 2.22. The first-order chi connectivity index (χ1) is 14.2. The van der Waals surface area contributed by atoms with Gasteiger partial charge in [0.2, 0.25) is 0 Å². The van der Waals surface area contributed by atoms with Crippen LogP contribution in [0.2, 0.25) is 0 Å². The van der Waals surface area contributed by atoms with Crippen LogP contribution in [0.3, 0.4) is 0 Å². The first-order valence-electron chi connectivity index (χ1n) is 9.63. The van der Waals surface area contributed by atoms with Gasteiger partial charge < -0.3 is 9.47 Å². The largest absolute Gasteiger partial charge is 0.489 e. The third kappa shape index (κ3) is 5.98. The Morgan fingerprint density at radius 2 is 1.62 bits per heavy atom. The molecule has 0 saturated carbocycles. The van der Waals surface area contributed by atoms with Gasteiger partial charge in [-0.1, -0.05) is 86.0 Å². The van der Waals surface area contributed by atoms with Gasteiger partial charge in [0, 0.05) is 6.07 Å². The highest BCUT2D eigenvalue weighted by molar-refractivity contribution is 5.51. The van der Waals surface area contributed by atoms with Crippen molar-refractivity contribution in [2.75, 3.05) is 6.61 Å². The molecule has 2 heteroatoms. The number of benzene rings is 3. The predicted molar refractivity (Wildman–Crippen MR) is 122 cm³/mol. The Labute approximate surface area is 172 Å². The molecule has 29 heavy (non-hydrogen) atoms. The lowest BCUT2D eigenvalue weighted by Gasteiger charge is -2.11. The zero-order valence-corrected chi connectivity index (χ0v) is 16.8. The Balaban J connectivity index is 1.60. The number of hydrogen-bond donors (Lipinski definition) is 0. The Morgan fingerprint density at radius 1 is 0.897 bits per heavy atom. The van der Waals surface area contributed by atoms with Gasteiger partial charge in [0.1, 0.15) is 24.7 Å². The molecule has 0 unspecified atom stereocenters. The fraction of sp³-hybridized carbons (Fsp3) is 0.111. The fourth-order valence-corrected chi connectivity index (χ4v) is 2.85. The molecule has 3 rings (SSSR count). The first-order valence-corrected chi connectivity index (χ1v) is 9.63. The quantitative estimate of drug-likeness (QED) is 0.538. The summed E-state index contributed by atoms with van der Waals surface area (Å²) in [6, 6.07) is 23.9. The van der Waals surface area contributed by atoms with Crippen LogP contribution in [0.1, 0.15) is 18.1 Å². The topological polar surface area (TPSA) is 18.5 Å². The molecule has 0 fully saturated rings. The van der Waals surface area contributed by atoms with Crippen LogP contribution in [-0.2, 0) is 6.61 Å². The highest BCUT2D eigenvalue weighted by atomic mass is 16.5. The van der Waals surface area contributed by atoms with E-state index < -0.39 is 0 Å². The second-order valence-electron chi connectivity index (χ2n) is 6.83. The van der Waals surface area contributed by atoms with E-state index in [0.717, 1.165) is 38.6 Å². The first kappa shape index (κ1) is 20.2. The third-order valence-corrected chi connectivity index (χ3v) is 4.54. The SMILES string of the molecule is C=Cc1ccccc1COc1cccc(OC/C(C)=C/C=c2/ccccc2=C)c1. The molecule has 0 radical (unpaired) electrons. The van der Waals surface area contributed by atoms with Crippen LogP contribution in [0.5, 0.6) is 11.5 Å². The summed E-state index contributed by atoms with van der Waals surface area (Å²) in [5.41, 5.74) is 3.31. The lowest BCUT2D eigenvalue weighted by molar-refractivity contribution is 0.300. The van der Waals surface area contributed by atoms with E-state index >= 15 is 0 Å². The Bertz CT molecular complexity index is 1110.